The molecule has 9 heteroatoms. The van der Waals surface area contributed by atoms with Crippen molar-refractivity contribution in [3.8, 4) is 0 Å². The molecule has 0 saturated heterocycles. The number of nitrogens with zero attached hydrogens (tertiary/aromatic N) is 3. The van der Waals surface area contributed by atoms with Crippen molar-refractivity contribution in [3.05, 3.63) is 30.4 Å². The molecule has 6 nitrogen and oxygen atoms in total. The number of aromatic nitrogens is 2. The normalized spacial score (nSPS) is 17.4. The highest BCUT2D eigenvalue weighted by Gasteiger charge is 2.38. The van der Waals surface area contributed by atoms with Crippen LogP contribution >= 0.6 is 0 Å². The van der Waals surface area contributed by atoms with E-state index in [4.69, 9.17) is 14.6 Å². The zero-order chi connectivity index (χ0) is 18.4. The summed E-state index contributed by atoms with van der Waals surface area (Å²) < 4.78 is 39.5. The standard InChI is InChI=1S/C14H21N3O.C2HF3O2/c1-2-7-18-10-13-14-9-16(8-12-3-4-12)5-6-17(14)11-15-13;3-2(4,5)1(6)7/h2,11-12H,1,3-10H2;(H,6,7). The van der Waals surface area contributed by atoms with Crippen molar-refractivity contribution < 1.29 is 27.8 Å². The Bertz CT molecular complexity index is 597. The molecule has 0 atom stereocenters. The molecule has 25 heavy (non-hydrogen) atoms. The van der Waals surface area contributed by atoms with Gasteiger partial charge in [0.25, 0.3) is 0 Å². The molecule has 3 rings (SSSR count). The van der Waals surface area contributed by atoms with Gasteiger partial charge in [-0.3, -0.25) is 4.90 Å². The lowest BCUT2D eigenvalue weighted by molar-refractivity contribution is -0.192. The van der Waals surface area contributed by atoms with Crippen LogP contribution < -0.4 is 0 Å². The van der Waals surface area contributed by atoms with Crippen LogP contribution in [0.25, 0.3) is 0 Å². The molecule has 1 aromatic heterocycles. The molecule has 2 aliphatic rings. The van der Waals surface area contributed by atoms with Gasteiger partial charge in [0.2, 0.25) is 0 Å². The highest BCUT2D eigenvalue weighted by Crippen LogP contribution is 2.31. The molecule has 1 fully saturated rings. The first kappa shape index (κ1) is 19.5. The van der Waals surface area contributed by atoms with E-state index in [0.717, 1.165) is 31.2 Å². The Labute approximate surface area is 143 Å². The summed E-state index contributed by atoms with van der Waals surface area (Å²) in [6.45, 7) is 9.38. The molecule has 0 amide bonds. The number of carbonyl (C=O) groups is 1. The van der Waals surface area contributed by atoms with Crippen molar-refractivity contribution in [2.75, 3.05) is 19.7 Å². The van der Waals surface area contributed by atoms with Gasteiger partial charge in [0.1, 0.15) is 0 Å². The maximum atomic E-state index is 10.6. The summed E-state index contributed by atoms with van der Waals surface area (Å²) in [4.78, 5) is 15.9. The van der Waals surface area contributed by atoms with E-state index in [9.17, 15) is 13.2 Å². The molecular weight excluding hydrogens is 339 g/mol. The molecule has 1 aliphatic heterocycles. The van der Waals surface area contributed by atoms with Gasteiger partial charge in [-0.1, -0.05) is 6.08 Å². The molecular formula is C16H22F3N3O3. The lowest BCUT2D eigenvalue weighted by Crippen LogP contribution is -2.35. The number of halogens is 3. The van der Waals surface area contributed by atoms with E-state index in [2.05, 4.69) is 21.0 Å². The smallest absolute Gasteiger partial charge is 0.475 e. The van der Waals surface area contributed by atoms with Gasteiger partial charge >= 0.3 is 12.1 Å². The predicted molar refractivity (Wildman–Crippen MR) is 83.8 cm³/mol. The molecule has 1 N–H and O–H groups in total. The molecule has 1 aromatic rings. The maximum absolute atomic E-state index is 10.6. The number of aliphatic carboxylic acids is 1. The second-order valence-corrected chi connectivity index (χ2v) is 6.12. The van der Waals surface area contributed by atoms with E-state index in [0.29, 0.717) is 13.2 Å². The minimum Gasteiger partial charge on any atom is -0.475 e. The van der Waals surface area contributed by atoms with E-state index in [-0.39, 0.29) is 0 Å². The summed E-state index contributed by atoms with van der Waals surface area (Å²) in [7, 11) is 0. The predicted octanol–water partition coefficient (Wildman–Crippen LogP) is 2.44. The Hall–Kier alpha value is -1.87. The maximum Gasteiger partial charge on any atom is 0.490 e. The Balaban J connectivity index is 0.000000277. The number of imidazole rings is 1. The van der Waals surface area contributed by atoms with Crippen LogP contribution in [0.4, 0.5) is 13.2 Å². The van der Waals surface area contributed by atoms with Crippen LogP contribution in [0.1, 0.15) is 24.2 Å². The van der Waals surface area contributed by atoms with E-state index in [1.54, 1.807) is 6.08 Å². The quantitative estimate of drug-likeness (QED) is 0.623. The first-order valence-electron chi connectivity index (χ1n) is 8.05. The molecule has 0 spiro atoms. The molecule has 140 valence electrons. The van der Waals surface area contributed by atoms with E-state index >= 15 is 0 Å². The van der Waals surface area contributed by atoms with Crippen molar-refractivity contribution in [2.24, 2.45) is 5.92 Å². The highest BCUT2D eigenvalue weighted by atomic mass is 19.4. The summed E-state index contributed by atoms with van der Waals surface area (Å²) in [5.74, 6) is -1.80. The zero-order valence-corrected chi connectivity index (χ0v) is 13.8. The molecule has 2 heterocycles. The largest absolute Gasteiger partial charge is 0.490 e. The number of ether oxygens (including phenoxy) is 1. The first-order chi connectivity index (χ1) is 11.8. The van der Waals surface area contributed by atoms with Crippen molar-refractivity contribution in [1.82, 2.24) is 14.5 Å². The summed E-state index contributed by atoms with van der Waals surface area (Å²) in [5.41, 5.74) is 2.43. The van der Waals surface area contributed by atoms with Gasteiger partial charge < -0.3 is 14.4 Å². The number of fused-ring (bicyclic) bond motifs is 1. The number of carboxylic acid groups (broad SMARTS) is 1. The topological polar surface area (TPSA) is 67.6 Å². The first-order valence-corrected chi connectivity index (χ1v) is 8.05. The third-order valence-corrected chi connectivity index (χ3v) is 3.99. The van der Waals surface area contributed by atoms with Gasteiger partial charge in [-0.2, -0.15) is 13.2 Å². The molecule has 0 radical (unpaired) electrons. The van der Waals surface area contributed by atoms with Crippen molar-refractivity contribution >= 4 is 5.97 Å². The second-order valence-electron chi connectivity index (χ2n) is 6.12. The minimum atomic E-state index is -5.08. The monoisotopic (exact) mass is 361 g/mol. The number of alkyl halides is 3. The number of hydrogen-bond donors (Lipinski definition) is 1. The van der Waals surface area contributed by atoms with Crippen LogP contribution in [0, 0.1) is 5.92 Å². The van der Waals surface area contributed by atoms with E-state index in [1.807, 2.05) is 6.33 Å². The molecule has 1 aliphatic carbocycles. The lowest BCUT2D eigenvalue weighted by Gasteiger charge is -2.28. The van der Waals surface area contributed by atoms with Gasteiger partial charge in [-0.15, -0.1) is 6.58 Å². The minimum absolute atomic E-state index is 0.595. The number of carboxylic acids is 1. The van der Waals surface area contributed by atoms with Crippen LogP contribution in [-0.2, 0) is 29.2 Å². The Morgan fingerprint density at radius 2 is 2.12 bits per heavy atom. The van der Waals surface area contributed by atoms with Crippen molar-refractivity contribution in [1.29, 1.82) is 0 Å². The van der Waals surface area contributed by atoms with E-state index < -0.39 is 12.1 Å². The Morgan fingerprint density at radius 1 is 1.44 bits per heavy atom. The summed E-state index contributed by atoms with van der Waals surface area (Å²) >= 11 is 0. The summed E-state index contributed by atoms with van der Waals surface area (Å²) in [6.07, 6.45) is 1.49. The molecule has 1 saturated carbocycles. The summed E-state index contributed by atoms with van der Waals surface area (Å²) in [5, 5.41) is 7.12. The number of rotatable bonds is 6. The Kier molecular flexibility index (Phi) is 6.60. The van der Waals surface area contributed by atoms with Gasteiger partial charge in [-0.05, 0) is 18.8 Å². The molecule has 0 aromatic carbocycles. The summed E-state index contributed by atoms with van der Waals surface area (Å²) in [6, 6.07) is 0. The fraction of sp³-hybridized carbons (Fsp3) is 0.625. The van der Waals surface area contributed by atoms with Gasteiger partial charge in [0, 0.05) is 26.2 Å². The number of hydrogen-bond acceptors (Lipinski definition) is 4. The molecule has 0 bridgehead atoms. The van der Waals surface area contributed by atoms with Crippen LogP contribution in [0.3, 0.4) is 0 Å². The zero-order valence-electron chi connectivity index (χ0n) is 13.8. The fourth-order valence-corrected chi connectivity index (χ4v) is 2.55. The lowest BCUT2D eigenvalue weighted by atomic mass is 10.2. The third-order valence-electron chi connectivity index (χ3n) is 3.99. The van der Waals surface area contributed by atoms with Crippen LogP contribution in [0.5, 0.6) is 0 Å². The van der Waals surface area contributed by atoms with Crippen LogP contribution in [0.2, 0.25) is 0 Å². The van der Waals surface area contributed by atoms with Crippen molar-refractivity contribution in [3.63, 3.8) is 0 Å². The Morgan fingerprint density at radius 3 is 2.68 bits per heavy atom. The average Bonchev–Trinajstić information content (AvgIpc) is 3.27. The second kappa shape index (κ2) is 8.48. The third kappa shape index (κ3) is 6.17. The highest BCUT2D eigenvalue weighted by molar-refractivity contribution is 5.73. The van der Waals surface area contributed by atoms with Gasteiger partial charge in [-0.25, -0.2) is 9.78 Å². The van der Waals surface area contributed by atoms with Crippen LogP contribution in [0.15, 0.2) is 19.0 Å². The fourth-order valence-electron chi connectivity index (χ4n) is 2.55. The van der Waals surface area contributed by atoms with Gasteiger partial charge in [0.15, 0.2) is 0 Å². The van der Waals surface area contributed by atoms with Crippen LogP contribution in [-0.4, -0.2) is 51.4 Å². The SMILES string of the molecule is C=CCOCc1ncn2c1CN(CC1CC1)CC2.O=C(O)C(F)(F)F. The molecule has 0 unspecified atom stereocenters. The van der Waals surface area contributed by atoms with E-state index in [1.165, 1.54) is 25.1 Å². The van der Waals surface area contributed by atoms with Gasteiger partial charge in [0.05, 0.1) is 30.9 Å². The average molecular weight is 361 g/mol. The van der Waals surface area contributed by atoms with Crippen molar-refractivity contribution in [2.45, 2.75) is 38.7 Å².